The SMILES string of the molecule is CC1=C[C@H]2[C@@H](CC1)CC(=O)[C@H]1[C@H]3CCC[C@H]3C[C@@H]21. The summed E-state index contributed by atoms with van der Waals surface area (Å²) >= 11 is 0. The Hall–Kier alpha value is -0.590. The van der Waals surface area contributed by atoms with Crippen LogP contribution < -0.4 is 0 Å². The molecular weight excluding hydrogens is 220 g/mol. The Labute approximate surface area is 110 Å². The van der Waals surface area contributed by atoms with Crippen LogP contribution in [0, 0.1) is 35.5 Å². The Morgan fingerprint density at radius 2 is 2.00 bits per heavy atom. The normalized spacial score (nSPS) is 50.5. The molecule has 0 saturated heterocycles. The fourth-order valence-electron chi connectivity index (χ4n) is 5.78. The molecule has 4 aliphatic rings. The van der Waals surface area contributed by atoms with E-state index in [1.54, 1.807) is 5.57 Å². The van der Waals surface area contributed by atoms with E-state index >= 15 is 0 Å². The van der Waals surface area contributed by atoms with Gasteiger partial charge in [-0.3, -0.25) is 4.79 Å². The zero-order valence-corrected chi connectivity index (χ0v) is 11.4. The van der Waals surface area contributed by atoms with Crippen molar-refractivity contribution in [2.75, 3.05) is 0 Å². The molecule has 0 radical (unpaired) electrons. The molecule has 4 rings (SSSR count). The summed E-state index contributed by atoms with van der Waals surface area (Å²) < 4.78 is 0. The van der Waals surface area contributed by atoms with Crippen LogP contribution in [0.5, 0.6) is 0 Å². The number of fused-ring (bicyclic) bond motifs is 5. The number of ketones is 1. The van der Waals surface area contributed by atoms with Crippen LogP contribution in [0.1, 0.15) is 51.9 Å². The largest absolute Gasteiger partial charge is 0.299 e. The molecule has 98 valence electrons. The van der Waals surface area contributed by atoms with E-state index in [9.17, 15) is 4.79 Å². The number of carbonyl (C=O) groups excluding carboxylic acids is 1. The van der Waals surface area contributed by atoms with Crippen molar-refractivity contribution < 1.29 is 4.79 Å². The number of rotatable bonds is 0. The van der Waals surface area contributed by atoms with Crippen molar-refractivity contribution >= 4 is 5.78 Å². The Bertz CT molecular complexity index is 408. The van der Waals surface area contributed by atoms with E-state index in [1.807, 2.05) is 0 Å². The van der Waals surface area contributed by atoms with Crippen LogP contribution in [0.25, 0.3) is 0 Å². The third kappa shape index (κ3) is 1.49. The predicted molar refractivity (Wildman–Crippen MR) is 72.0 cm³/mol. The molecule has 0 aromatic carbocycles. The highest BCUT2D eigenvalue weighted by Gasteiger charge is 2.54. The average Bonchev–Trinajstić information content (AvgIpc) is 2.90. The van der Waals surface area contributed by atoms with E-state index in [2.05, 4.69) is 13.0 Å². The number of carbonyl (C=O) groups is 1. The molecule has 0 spiro atoms. The molecule has 0 N–H and O–H groups in total. The molecule has 0 unspecified atom stereocenters. The topological polar surface area (TPSA) is 17.1 Å². The van der Waals surface area contributed by atoms with Crippen LogP contribution in [0.3, 0.4) is 0 Å². The molecular formula is C17H24O. The minimum Gasteiger partial charge on any atom is -0.299 e. The lowest BCUT2D eigenvalue weighted by Crippen LogP contribution is -2.40. The Balaban J connectivity index is 1.68. The van der Waals surface area contributed by atoms with Gasteiger partial charge in [-0.2, -0.15) is 0 Å². The molecule has 3 saturated carbocycles. The number of Topliss-reactive ketones (excluding diaryl/α,β-unsaturated/α-hetero) is 1. The number of hydrogen-bond donors (Lipinski definition) is 0. The van der Waals surface area contributed by atoms with Gasteiger partial charge in [-0.1, -0.05) is 24.5 Å². The Morgan fingerprint density at radius 3 is 2.89 bits per heavy atom. The summed E-state index contributed by atoms with van der Waals surface area (Å²) in [6, 6.07) is 0. The standard InChI is InChI=1S/C17H24O/c1-10-5-6-12-9-16(18)17-13-4-2-3-11(13)8-15(17)14(12)7-10/h7,11-15,17H,2-6,8-9H2,1H3/t11-,12-,13-,14-,15-,17-/m0/s1. The summed E-state index contributed by atoms with van der Waals surface area (Å²) in [5, 5.41) is 0. The first-order valence-electron chi connectivity index (χ1n) is 7.94. The molecule has 0 amide bonds. The molecule has 0 bridgehead atoms. The second-order valence-electron chi connectivity index (χ2n) is 7.34. The van der Waals surface area contributed by atoms with Gasteiger partial charge in [-0.25, -0.2) is 0 Å². The maximum absolute atomic E-state index is 12.5. The summed E-state index contributed by atoms with van der Waals surface area (Å²) in [4.78, 5) is 12.5. The highest BCUT2D eigenvalue weighted by Crippen LogP contribution is 2.58. The first-order valence-corrected chi connectivity index (χ1v) is 7.94. The smallest absolute Gasteiger partial charge is 0.136 e. The Morgan fingerprint density at radius 1 is 1.11 bits per heavy atom. The molecule has 0 heterocycles. The van der Waals surface area contributed by atoms with Crippen molar-refractivity contribution in [2.45, 2.75) is 51.9 Å². The van der Waals surface area contributed by atoms with Crippen molar-refractivity contribution in [3.05, 3.63) is 11.6 Å². The molecule has 0 aromatic rings. The number of hydrogen-bond acceptors (Lipinski definition) is 1. The monoisotopic (exact) mass is 244 g/mol. The second kappa shape index (κ2) is 3.95. The third-order valence-corrected chi connectivity index (χ3v) is 6.48. The quantitative estimate of drug-likeness (QED) is 0.589. The van der Waals surface area contributed by atoms with Gasteiger partial charge in [-0.15, -0.1) is 0 Å². The Kier molecular flexibility index (Phi) is 2.47. The van der Waals surface area contributed by atoms with E-state index in [4.69, 9.17) is 0 Å². The van der Waals surface area contributed by atoms with Crippen LogP contribution >= 0.6 is 0 Å². The van der Waals surface area contributed by atoms with Gasteiger partial charge in [0.05, 0.1) is 0 Å². The van der Waals surface area contributed by atoms with E-state index < -0.39 is 0 Å². The molecule has 1 nitrogen and oxygen atoms in total. The molecule has 6 atom stereocenters. The summed E-state index contributed by atoms with van der Waals surface area (Å²) in [6.07, 6.45) is 11.5. The summed E-state index contributed by atoms with van der Waals surface area (Å²) in [5.74, 6) is 4.96. The maximum atomic E-state index is 12.5. The predicted octanol–water partition coefficient (Wildman–Crippen LogP) is 3.98. The van der Waals surface area contributed by atoms with Crippen LogP contribution in [0.15, 0.2) is 11.6 Å². The molecule has 0 aliphatic heterocycles. The van der Waals surface area contributed by atoms with Gasteiger partial charge in [0.2, 0.25) is 0 Å². The van der Waals surface area contributed by atoms with Crippen molar-refractivity contribution in [2.24, 2.45) is 35.5 Å². The first kappa shape index (κ1) is 11.3. The van der Waals surface area contributed by atoms with E-state index in [0.29, 0.717) is 17.6 Å². The molecule has 0 aromatic heterocycles. The summed E-state index contributed by atoms with van der Waals surface area (Å²) in [6.45, 7) is 2.29. The van der Waals surface area contributed by atoms with Gasteiger partial charge in [0.25, 0.3) is 0 Å². The van der Waals surface area contributed by atoms with Gasteiger partial charge < -0.3 is 0 Å². The lowest BCUT2D eigenvalue weighted by atomic mass is 9.62. The minimum atomic E-state index is 0.459. The highest BCUT2D eigenvalue weighted by molar-refractivity contribution is 5.83. The van der Waals surface area contributed by atoms with Gasteiger partial charge in [0, 0.05) is 12.3 Å². The van der Waals surface area contributed by atoms with Gasteiger partial charge in [0.15, 0.2) is 0 Å². The van der Waals surface area contributed by atoms with Crippen molar-refractivity contribution in [1.29, 1.82) is 0 Å². The number of allylic oxidation sites excluding steroid dienone is 2. The van der Waals surface area contributed by atoms with Crippen LogP contribution in [0.4, 0.5) is 0 Å². The summed E-state index contributed by atoms with van der Waals surface area (Å²) in [5.41, 5.74) is 1.58. The fraction of sp³-hybridized carbons (Fsp3) is 0.824. The van der Waals surface area contributed by atoms with Crippen LogP contribution in [-0.4, -0.2) is 5.78 Å². The lowest BCUT2D eigenvalue weighted by Gasteiger charge is -2.41. The second-order valence-corrected chi connectivity index (χ2v) is 7.34. The maximum Gasteiger partial charge on any atom is 0.136 e. The van der Waals surface area contributed by atoms with Crippen molar-refractivity contribution in [1.82, 2.24) is 0 Å². The van der Waals surface area contributed by atoms with E-state index in [-0.39, 0.29) is 0 Å². The molecule has 18 heavy (non-hydrogen) atoms. The zero-order chi connectivity index (χ0) is 12.3. The van der Waals surface area contributed by atoms with Crippen molar-refractivity contribution in [3.63, 3.8) is 0 Å². The average molecular weight is 244 g/mol. The third-order valence-electron chi connectivity index (χ3n) is 6.48. The molecule has 3 fully saturated rings. The molecule has 1 heteroatoms. The molecule has 4 aliphatic carbocycles. The zero-order valence-electron chi connectivity index (χ0n) is 11.4. The van der Waals surface area contributed by atoms with E-state index in [1.165, 1.54) is 38.5 Å². The van der Waals surface area contributed by atoms with Crippen molar-refractivity contribution in [3.8, 4) is 0 Å². The lowest BCUT2D eigenvalue weighted by molar-refractivity contribution is -0.131. The first-order chi connectivity index (χ1) is 8.74. The summed E-state index contributed by atoms with van der Waals surface area (Å²) in [7, 11) is 0. The minimum absolute atomic E-state index is 0.459. The van der Waals surface area contributed by atoms with Gasteiger partial charge in [-0.05, 0) is 62.2 Å². The van der Waals surface area contributed by atoms with Gasteiger partial charge >= 0.3 is 0 Å². The van der Waals surface area contributed by atoms with Gasteiger partial charge in [0.1, 0.15) is 5.78 Å². The van der Waals surface area contributed by atoms with E-state index in [0.717, 1.165) is 30.1 Å². The highest BCUT2D eigenvalue weighted by atomic mass is 16.1. The van der Waals surface area contributed by atoms with Crippen LogP contribution in [0.2, 0.25) is 0 Å². The fourth-order valence-corrected chi connectivity index (χ4v) is 5.78. The van der Waals surface area contributed by atoms with Crippen LogP contribution in [-0.2, 0) is 4.79 Å².